The summed E-state index contributed by atoms with van der Waals surface area (Å²) in [6.07, 6.45) is 2.90. The third-order valence-corrected chi connectivity index (χ3v) is 3.71. The summed E-state index contributed by atoms with van der Waals surface area (Å²) in [5, 5.41) is 0. The Bertz CT molecular complexity index is 228. The third kappa shape index (κ3) is 2.94. The highest BCUT2D eigenvalue weighted by molar-refractivity contribution is 5.79. The second-order valence-corrected chi connectivity index (χ2v) is 5.19. The maximum absolute atomic E-state index is 12.1. The largest absolute Gasteiger partial charge is 0.343 e. The molecule has 3 nitrogen and oxygen atoms in total. The van der Waals surface area contributed by atoms with Crippen LogP contribution in [0.4, 0.5) is 0 Å². The quantitative estimate of drug-likeness (QED) is 0.756. The topological polar surface area (TPSA) is 46.3 Å². The monoisotopic (exact) mass is 212 g/mol. The van der Waals surface area contributed by atoms with Gasteiger partial charge in [-0.3, -0.25) is 4.79 Å². The van der Waals surface area contributed by atoms with Crippen molar-refractivity contribution >= 4 is 5.91 Å². The van der Waals surface area contributed by atoms with Gasteiger partial charge in [0.15, 0.2) is 0 Å². The van der Waals surface area contributed by atoms with E-state index in [9.17, 15) is 4.79 Å². The molecule has 0 saturated heterocycles. The first-order valence-electron chi connectivity index (χ1n) is 5.95. The predicted molar refractivity (Wildman–Crippen MR) is 62.4 cm³/mol. The SMILES string of the molecule is CC1CC(C(=O)N(C)C(C)C)CCC1N. The summed E-state index contributed by atoms with van der Waals surface area (Å²) >= 11 is 0. The van der Waals surface area contributed by atoms with Gasteiger partial charge < -0.3 is 10.6 Å². The molecule has 0 aromatic rings. The van der Waals surface area contributed by atoms with Gasteiger partial charge in [-0.25, -0.2) is 0 Å². The fourth-order valence-corrected chi connectivity index (χ4v) is 2.19. The summed E-state index contributed by atoms with van der Waals surface area (Å²) in [5.41, 5.74) is 5.95. The fourth-order valence-electron chi connectivity index (χ4n) is 2.19. The fraction of sp³-hybridized carbons (Fsp3) is 0.917. The van der Waals surface area contributed by atoms with Crippen LogP contribution in [0.5, 0.6) is 0 Å². The number of nitrogens with two attached hydrogens (primary N) is 1. The zero-order valence-corrected chi connectivity index (χ0v) is 10.4. The van der Waals surface area contributed by atoms with Crippen LogP contribution in [0.15, 0.2) is 0 Å². The zero-order chi connectivity index (χ0) is 11.6. The van der Waals surface area contributed by atoms with E-state index in [-0.39, 0.29) is 5.92 Å². The first-order valence-corrected chi connectivity index (χ1v) is 5.95. The van der Waals surface area contributed by atoms with E-state index in [0.29, 0.717) is 23.9 Å². The molecule has 1 saturated carbocycles. The summed E-state index contributed by atoms with van der Waals surface area (Å²) in [5.74, 6) is 0.976. The second kappa shape index (κ2) is 4.97. The highest BCUT2D eigenvalue weighted by Gasteiger charge is 2.31. The molecule has 3 heteroatoms. The number of hydrogen-bond acceptors (Lipinski definition) is 2. The van der Waals surface area contributed by atoms with E-state index in [4.69, 9.17) is 5.73 Å². The number of nitrogens with zero attached hydrogens (tertiary/aromatic N) is 1. The lowest BCUT2D eigenvalue weighted by molar-refractivity contribution is -0.137. The van der Waals surface area contributed by atoms with Crippen molar-refractivity contribution in [3.63, 3.8) is 0 Å². The van der Waals surface area contributed by atoms with Crippen molar-refractivity contribution in [1.29, 1.82) is 0 Å². The molecule has 0 spiro atoms. The van der Waals surface area contributed by atoms with Gasteiger partial charge in [-0.2, -0.15) is 0 Å². The van der Waals surface area contributed by atoms with Crippen molar-refractivity contribution < 1.29 is 4.79 Å². The van der Waals surface area contributed by atoms with E-state index in [0.717, 1.165) is 19.3 Å². The van der Waals surface area contributed by atoms with Gasteiger partial charge in [-0.1, -0.05) is 6.92 Å². The Kier molecular flexibility index (Phi) is 4.14. The standard InChI is InChI=1S/C12H24N2O/c1-8(2)14(4)12(15)10-5-6-11(13)9(3)7-10/h8-11H,5-7,13H2,1-4H3. The predicted octanol–water partition coefficient (Wildman–Crippen LogP) is 1.62. The lowest BCUT2D eigenvalue weighted by Crippen LogP contribution is -2.43. The number of rotatable bonds is 2. The summed E-state index contributed by atoms with van der Waals surface area (Å²) in [6.45, 7) is 6.26. The van der Waals surface area contributed by atoms with E-state index in [1.165, 1.54) is 0 Å². The van der Waals surface area contributed by atoms with Gasteiger partial charge in [0.2, 0.25) is 5.91 Å². The molecule has 0 bridgehead atoms. The molecule has 1 aliphatic carbocycles. The number of carbonyl (C=O) groups is 1. The third-order valence-electron chi connectivity index (χ3n) is 3.71. The molecule has 0 heterocycles. The molecule has 1 fully saturated rings. The van der Waals surface area contributed by atoms with Crippen molar-refractivity contribution in [2.45, 2.75) is 52.1 Å². The molecule has 0 aromatic carbocycles. The maximum Gasteiger partial charge on any atom is 0.225 e. The number of amides is 1. The summed E-state index contributed by atoms with van der Waals surface area (Å²) in [4.78, 5) is 13.9. The van der Waals surface area contributed by atoms with Crippen LogP contribution in [-0.4, -0.2) is 29.9 Å². The highest BCUT2D eigenvalue weighted by atomic mass is 16.2. The average Bonchev–Trinajstić information content (AvgIpc) is 2.19. The van der Waals surface area contributed by atoms with Crippen molar-refractivity contribution in [2.24, 2.45) is 17.6 Å². The lowest BCUT2D eigenvalue weighted by atomic mass is 9.78. The molecule has 0 radical (unpaired) electrons. The normalized spacial score (nSPS) is 31.7. The van der Waals surface area contributed by atoms with Crippen LogP contribution in [0.3, 0.4) is 0 Å². The molecule has 3 atom stereocenters. The summed E-state index contributed by atoms with van der Waals surface area (Å²) in [7, 11) is 1.90. The molecule has 1 aliphatic rings. The first-order chi connectivity index (χ1) is 6.93. The molecule has 0 aromatic heterocycles. The first kappa shape index (κ1) is 12.5. The van der Waals surface area contributed by atoms with Crippen LogP contribution >= 0.6 is 0 Å². The van der Waals surface area contributed by atoms with Crippen LogP contribution in [-0.2, 0) is 4.79 Å². The van der Waals surface area contributed by atoms with Crippen LogP contribution in [0, 0.1) is 11.8 Å². The van der Waals surface area contributed by atoms with Crippen LogP contribution < -0.4 is 5.73 Å². The second-order valence-electron chi connectivity index (χ2n) is 5.19. The minimum absolute atomic E-state index is 0.201. The van der Waals surface area contributed by atoms with E-state index in [1.54, 1.807) is 0 Å². The van der Waals surface area contributed by atoms with Crippen molar-refractivity contribution in [1.82, 2.24) is 4.90 Å². The minimum atomic E-state index is 0.201. The molecule has 15 heavy (non-hydrogen) atoms. The molecule has 1 rings (SSSR count). The Hall–Kier alpha value is -0.570. The average molecular weight is 212 g/mol. The molecule has 88 valence electrons. The Balaban J connectivity index is 2.54. The van der Waals surface area contributed by atoms with E-state index in [1.807, 2.05) is 11.9 Å². The molecule has 0 aliphatic heterocycles. The summed E-state index contributed by atoms with van der Waals surface area (Å²) < 4.78 is 0. The van der Waals surface area contributed by atoms with Gasteiger partial charge in [-0.05, 0) is 39.0 Å². The molecule has 3 unspecified atom stereocenters. The van der Waals surface area contributed by atoms with Gasteiger partial charge in [0.05, 0.1) is 0 Å². The van der Waals surface area contributed by atoms with Crippen LogP contribution in [0.2, 0.25) is 0 Å². The van der Waals surface area contributed by atoms with Crippen molar-refractivity contribution in [3.05, 3.63) is 0 Å². The number of carbonyl (C=O) groups excluding carboxylic acids is 1. The van der Waals surface area contributed by atoms with Crippen molar-refractivity contribution in [2.75, 3.05) is 7.05 Å². The Morgan fingerprint density at radius 2 is 2.00 bits per heavy atom. The Morgan fingerprint density at radius 3 is 2.47 bits per heavy atom. The molecular formula is C12H24N2O. The smallest absolute Gasteiger partial charge is 0.225 e. The van der Waals surface area contributed by atoms with Gasteiger partial charge in [0, 0.05) is 25.0 Å². The minimum Gasteiger partial charge on any atom is -0.343 e. The molecular weight excluding hydrogens is 188 g/mol. The van der Waals surface area contributed by atoms with Gasteiger partial charge in [0.1, 0.15) is 0 Å². The van der Waals surface area contributed by atoms with E-state index in [2.05, 4.69) is 20.8 Å². The van der Waals surface area contributed by atoms with E-state index < -0.39 is 0 Å². The van der Waals surface area contributed by atoms with Gasteiger partial charge >= 0.3 is 0 Å². The zero-order valence-electron chi connectivity index (χ0n) is 10.4. The van der Waals surface area contributed by atoms with Crippen molar-refractivity contribution in [3.8, 4) is 0 Å². The summed E-state index contributed by atoms with van der Waals surface area (Å²) in [6, 6.07) is 0.585. The Morgan fingerprint density at radius 1 is 1.40 bits per heavy atom. The molecule has 1 amide bonds. The Labute approximate surface area is 93.0 Å². The molecule has 2 N–H and O–H groups in total. The maximum atomic E-state index is 12.1. The van der Waals surface area contributed by atoms with Crippen LogP contribution in [0.1, 0.15) is 40.0 Å². The van der Waals surface area contributed by atoms with Crippen LogP contribution in [0.25, 0.3) is 0 Å². The lowest BCUT2D eigenvalue weighted by Gasteiger charge is -2.34. The number of hydrogen-bond donors (Lipinski definition) is 1. The van der Waals surface area contributed by atoms with Gasteiger partial charge in [0.25, 0.3) is 0 Å². The van der Waals surface area contributed by atoms with Gasteiger partial charge in [-0.15, -0.1) is 0 Å². The highest BCUT2D eigenvalue weighted by Crippen LogP contribution is 2.29. The van der Waals surface area contributed by atoms with E-state index >= 15 is 0 Å².